The third kappa shape index (κ3) is 3.17. The van der Waals surface area contributed by atoms with Crippen molar-refractivity contribution in [2.45, 2.75) is 32.6 Å². The van der Waals surface area contributed by atoms with Crippen molar-refractivity contribution in [1.29, 1.82) is 0 Å². The Morgan fingerprint density at radius 2 is 1.23 bits per heavy atom. The summed E-state index contributed by atoms with van der Waals surface area (Å²) in [5, 5.41) is 0. The molecular weight excluding hydrogens is 312 g/mol. The number of allylic oxidation sites excluding steroid dienone is 1. The molecule has 0 nitrogen and oxygen atoms in total. The Morgan fingerprint density at radius 1 is 0.731 bits per heavy atom. The molecule has 0 heterocycles. The van der Waals surface area contributed by atoms with E-state index in [0.717, 1.165) is 6.42 Å². The third-order valence-corrected chi connectivity index (χ3v) is 5.44. The fourth-order valence-corrected chi connectivity index (χ4v) is 3.48. The number of benzene rings is 3. The quantitative estimate of drug-likeness (QED) is 0.471. The monoisotopic (exact) mass is 336 g/mol. The van der Waals surface area contributed by atoms with Gasteiger partial charge in [0.05, 0.1) is 0 Å². The van der Waals surface area contributed by atoms with Crippen LogP contribution in [0.2, 0.25) is 0 Å². The number of aryl methyl sites for hydroxylation is 2. The maximum Gasteiger partial charge on any atom is 0.0309 e. The molecule has 26 heavy (non-hydrogen) atoms. The van der Waals surface area contributed by atoms with E-state index in [0.29, 0.717) is 0 Å². The lowest BCUT2D eigenvalue weighted by molar-refractivity contribution is 0.821. The van der Waals surface area contributed by atoms with E-state index in [9.17, 15) is 0 Å². The lowest BCUT2D eigenvalue weighted by Crippen LogP contribution is -1.99. The molecule has 1 unspecified atom stereocenters. The molecule has 0 aromatic heterocycles. The molecule has 1 saturated carbocycles. The molecule has 3 aromatic carbocycles. The molecule has 0 saturated heterocycles. The average Bonchev–Trinajstić information content (AvgIpc) is 3.33. The van der Waals surface area contributed by atoms with Crippen molar-refractivity contribution < 1.29 is 0 Å². The van der Waals surface area contributed by atoms with Crippen LogP contribution in [-0.4, -0.2) is 0 Å². The Balaban J connectivity index is 1.85. The highest BCUT2D eigenvalue weighted by Gasteiger charge is 2.45. The first kappa shape index (κ1) is 16.6. The highest BCUT2D eigenvalue weighted by atomic mass is 14.5. The van der Waals surface area contributed by atoms with Crippen molar-refractivity contribution in [1.82, 2.24) is 0 Å². The SMILES string of the molecule is Cc1ccc(C(=C=C2CC2(C)c2ccccc2)c2ccc(C)cc2)cc1. The largest absolute Gasteiger partial charge is 0.112 e. The fraction of sp³-hybridized carbons (Fsp3) is 0.192. The van der Waals surface area contributed by atoms with Gasteiger partial charge in [-0.1, -0.05) is 96.9 Å². The number of rotatable bonds is 3. The zero-order chi connectivity index (χ0) is 18.1. The van der Waals surface area contributed by atoms with Crippen LogP contribution >= 0.6 is 0 Å². The average molecular weight is 336 g/mol. The van der Waals surface area contributed by atoms with Crippen LogP contribution in [0.3, 0.4) is 0 Å². The first-order valence-electron chi connectivity index (χ1n) is 9.26. The first-order chi connectivity index (χ1) is 12.6. The summed E-state index contributed by atoms with van der Waals surface area (Å²) in [6.07, 6.45) is 1.08. The van der Waals surface area contributed by atoms with Crippen LogP contribution < -0.4 is 0 Å². The Labute approximate surface area is 156 Å². The molecule has 1 aliphatic carbocycles. The number of hydrogen-bond donors (Lipinski definition) is 0. The van der Waals surface area contributed by atoms with Gasteiger partial charge in [-0.05, 0) is 42.5 Å². The Morgan fingerprint density at radius 3 is 1.73 bits per heavy atom. The summed E-state index contributed by atoms with van der Waals surface area (Å²) in [4.78, 5) is 0. The molecule has 1 fully saturated rings. The van der Waals surface area contributed by atoms with E-state index >= 15 is 0 Å². The summed E-state index contributed by atoms with van der Waals surface area (Å²) in [5.41, 5.74) is 12.9. The molecule has 4 rings (SSSR count). The van der Waals surface area contributed by atoms with E-state index in [4.69, 9.17) is 0 Å². The second-order valence-electron chi connectivity index (χ2n) is 7.59. The van der Waals surface area contributed by atoms with E-state index in [1.165, 1.54) is 39.0 Å². The predicted molar refractivity (Wildman–Crippen MR) is 110 cm³/mol. The minimum Gasteiger partial charge on any atom is -0.112 e. The second-order valence-corrected chi connectivity index (χ2v) is 7.59. The second kappa shape index (κ2) is 6.48. The summed E-state index contributed by atoms with van der Waals surface area (Å²) in [5.74, 6) is 0. The predicted octanol–water partition coefficient (Wildman–Crippen LogP) is 6.62. The third-order valence-electron chi connectivity index (χ3n) is 5.44. The molecule has 0 heteroatoms. The van der Waals surface area contributed by atoms with Gasteiger partial charge in [0.1, 0.15) is 0 Å². The minimum atomic E-state index is 0.127. The van der Waals surface area contributed by atoms with Crippen LogP contribution in [0.25, 0.3) is 5.57 Å². The van der Waals surface area contributed by atoms with Crippen molar-refractivity contribution in [3.63, 3.8) is 0 Å². The highest BCUT2D eigenvalue weighted by Crippen LogP contribution is 2.53. The summed E-state index contributed by atoms with van der Waals surface area (Å²) in [6, 6.07) is 28.3. The molecule has 0 radical (unpaired) electrons. The highest BCUT2D eigenvalue weighted by molar-refractivity contribution is 5.80. The maximum absolute atomic E-state index is 3.78. The molecule has 3 aromatic rings. The molecule has 0 bridgehead atoms. The van der Waals surface area contributed by atoms with Crippen molar-refractivity contribution >= 4 is 5.57 Å². The van der Waals surface area contributed by atoms with Gasteiger partial charge in [0.25, 0.3) is 0 Å². The van der Waals surface area contributed by atoms with Gasteiger partial charge >= 0.3 is 0 Å². The van der Waals surface area contributed by atoms with Crippen LogP contribution in [0.4, 0.5) is 0 Å². The Hall–Kier alpha value is -2.82. The van der Waals surface area contributed by atoms with Gasteiger partial charge in [0.15, 0.2) is 0 Å². The van der Waals surface area contributed by atoms with Crippen molar-refractivity contribution in [2.24, 2.45) is 0 Å². The molecule has 0 N–H and O–H groups in total. The number of hydrogen-bond acceptors (Lipinski definition) is 0. The van der Waals surface area contributed by atoms with E-state index in [2.05, 4.69) is 105 Å². The van der Waals surface area contributed by atoms with Crippen LogP contribution in [0, 0.1) is 13.8 Å². The Kier molecular flexibility index (Phi) is 4.15. The van der Waals surface area contributed by atoms with Gasteiger partial charge in [-0.3, -0.25) is 0 Å². The smallest absolute Gasteiger partial charge is 0.0309 e. The van der Waals surface area contributed by atoms with Crippen molar-refractivity contribution in [3.8, 4) is 0 Å². The molecule has 128 valence electrons. The van der Waals surface area contributed by atoms with E-state index in [1.807, 2.05) is 0 Å². The molecule has 0 spiro atoms. The molecule has 1 atom stereocenters. The molecule has 0 aliphatic heterocycles. The fourth-order valence-electron chi connectivity index (χ4n) is 3.48. The van der Waals surface area contributed by atoms with Gasteiger partial charge < -0.3 is 0 Å². The normalized spacial score (nSPS) is 18.3. The summed E-state index contributed by atoms with van der Waals surface area (Å²) < 4.78 is 0. The van der Waals surface area contributed by atoms with Crippen LogP contribution in [0.1, 0.15) is 41.2 Å². The lowest BCUT2D eigenvalue weighted by atomic mass is 9.95. The van der Waals surface area contributed by atoms with Gasteiger partial charge in [-0.2, -0.15) is 0 Å². The zero-order valence-corrected chi connectivity index (χ0v) is 15.7. The van der Waals surface area contributed by atoms with Gasteiger partial charge in [-0.25, -0.2) is 0 Å². The molecule has 0 amide bonds. The van der Waals surface area contributed by atoms with Crippen LogP contribution in [-0.2, 0) is 5.41 Å². The van der Waals surface area contributed by atoms with Gasteiger partial charge in [0, 0.05) is 11.0 Å². The van der Waals surface area contributed by atoms with E-state index in [-0.39, 0.29) is 5.41 Å². The van der Waals surface area contributed by atoms with E-state index < -0.39 is 0 Å². The molecule has 1 aliphatic rings. The molecular formula is C26H24. The maximum atomic E-state index is 3.78. The topological polar surface area (TPSA) is 0 Å². The lowest BCUT2D eigenvalue weighted by Gasteiger charge is -2.09. The summed E-state index contributed by atoms with van der Waals surface area (Å²) in [7, 11) is 0. The first-order valence-corrected chi connectivity index (χ1v) is 9.26. The standard InChI is InChI=1S/C26H24/c1-19-9-13-21(14-10-19)25(22-15-11-20(2)12-16-22)17-24-18-26(24,3)23-7-5-4-6-8-23/h4-16H,18H2,1-3H3. The Bertz CT molecular complexity index is 935. The van der Waals surface area contributed by atoms with Gasteiger partial charge in [-0.15, -0.1) is 5.73 Å². The minimum absolute atomic E-state index is 0.127. The zero-order valence-electron chi connectivity index (χ0n) is 15.7. The van der Waals surface area contributed by atoms with Crippen molar-refractivity contribution in [2.75, 3.05) is 0 Å². The van der Waals surface area contributed by atoms with Gasteiger partial charge in [0.2, 0.25) is 0 Å². The summed E-state index contributed by atoms with van der Waals surface area (Å²) in [6.45, 7) is 6.59. The van der Waals surface area contributed by atoms with E-state index in [1.54, 1.807) is 0 Å². The van der Waals surface area contributed by atoms with Crippen LogP contribution in [0.5, 0.6) is 0 Å². The van der Waals surface area contributed by atoms with Crippen molar-refractivity contribution in [3.05, 3.63) is 118 Å². The van der Waals surface area contributed by atoms with Crippen LogP contribution in [0.15, 0.2) is 90.2 Å². The summed E-state index contributed by atoms with van der Waals surface area (Å²) >= 11 is 0.